The maximum atomic E-state index is 13.0. The third-order valence-corrected chi connectivity index (χ3v) is 4.68. The van der Waals surface area contributed by atoms with E-state index in [1.807, 2.05) is 0 Å². The van der Waals surface area contributed by atoms with E-state index in [4.69, 9.17) is 9.47 Å². The molecule has 1 amide bonds. The number of amides is 1. The van der Waals surface area contributed by atoms with Crippen LogP contribution in [0.1, 0.15) is 86.5 Å². The van der Waals surface area contributed by atoms with Gasteiger partial charge in [-0.25, -0.2) is 9.59 Å². The molecule has 6 nitrogen and oxygen atoms in total. The largest absolute Gasteiger partial charge is 0.464 e. The molecule has 1 rings (SSSR count). The van der Waals surface area contributed by atoms with Crippen LogP contribution in [0.25, 0.3) is 0 Å². The average Bonchev–Trinajstić information content (AvgIpc) is 2.84. The van der Waals surface area contributed by atoms with Crippen molar-refractivity contribution in [2.45, 2.75) is 104 Å². The molecule has 1 heterocycles. The number of hydrogen-bond donors (Lipinski definition) is 0. The predicted molar refractivity (Wildman–Crippen MR) is 99.9 cm³/mol. The minimum Gasteiger partial charge on any atom is -0.464 e. The Hall–Kier alpha value is -1.59. The smallest absolute Gasteiger partial charge is 0.411 e. The van der Waals surface area contributed by atoms with Gasteiger partial charge < -0.3 is 9.47 Å². The zero-order valence-corrected chi connectivity index (χ0v) is 17.2. The summed E-state index contributed by atoms with van der Waals surface area (Å²) in [6, 6.07) is -0.689. The minimum atomic E-state index is -0.689. The second-order valence-corrected chi connectivity index (χ2v) is 8.22. The highest BCUT2D eigenvalue weighted by molar-refractivity contribution is 5.85. The quantitative estimate of drug-likeness (QED) is 0.472. The molecule has 0 bridgehead atoms. The lowest BCUT2D eigenvalue weighted by Gasteiger charge is -2.40. The van der Waals surface area contributed by atoms with Crippen LogP contribution in [0, 0.1) is 0 Å². The summed E-state index contributed by atoms with van der Waals surface area (Å²) in [5, 5.41) is 0. The topological polar surface area (TPSA) is 72.9 Å². The summed E-state index contributed by atoms with van der Waals surface area (Å²) in [5.41, 5.74) is -1.34. The Kier molecular flexibility index (Phi) is 8.10. The van der Waals surface area contributed by atoms with Gasteiger partial charge in [0, 0.05) is 6.42 Å². The first-order valence-electron chi connectivity index (χ1n) is 9.74. The third-order valence-electron chi connectivity index (χ3n) is 4.68. The van der Waals surface area contributed by atoms with Crippen molar-refractivity contribution in [1.29, 1.82) is 0 Å². The number of likely N-dealkylation sites (tertiary alicyclic amines) is 1. The number of ether oxygens (including phenoxy) is 2. The minimum absolute atomic E-state index is 0.0135. The number of ketones is 1. The van der Waals surface area contributed by atoms with Crippen molar-refractivity contribution in [3.05, 3.63) is 0 Å². The van der Waals surface area contributed by atoms with Gasteiger partial charge in [-0.1, -0.05) is 26.2 Å². The average molecular weight is 370 g/mol. The maximum absolute atomic E-state index is 13.0. The number of hydrogen-bond acceptors (Lipinski definition) is 5. The van der Waals surface area contributed by atoms with Gasteiger partial charge in [-0.2, -0.15) is 0 Å². The Balaban J connectivity index is 3.22. The van der Waals surface area contributed by atoms with Gasteiger partial charge in [-0.05, 0) is 53.9 Å². The molecule has 0 aromatic carbocycles. The van der Waals surface area contributed by atoms with E-state index >= 15 is 0 Å². The molecule has 1 saturated heterocycles. The summed E-state index contributed by atoms with van der Waals surface area (Å²) >= 11 is 0. The number of nitrogens with zero attached hydrogens (tertiary/aromatic N) is 1. The summed E-state index contributed by atoms with van der Waals surface area (Å²) in [6.07, 6.45) is 4.47. The normalized spacial score (nSPS) is 23.0. The molecule has 1 fully saturated rings. The molecule has 0 radical (unpaired) electrons. The summed E-state index contributed by atoms with van der Waals surface area (Å²) in [5.74, 6) is -0.404. The number of unbranched alkanes of at least 4 members (excludes halogenated alkanes) is 2. The highest BCUT2D eigenvalue weighted by Crippen LogP contribution is 2.42. The maximum Gasteiger partial charge on any atom is 0.411 e. The van der Waals surface area contributed by atoms with Gasteiger partial charge in [-0.3, -0.25) is 9.69 Å². The second kappa shape index (κ2) is 9.38. The molecule has 0 unspecified atom stereocenters. The van der Waals surface area contributed by atoms with Crippen molar-refractivity contribution in [3.63, 3.8) is 0 Å². The summed E-state index contributed by atoms with van der Waals surface area (Å²) in [7, 11) is 0. The Morgan fingerprint density at radius 2 is 1.81 bits per heavy atom. The van der Waals surface area contributed by atoms with Crippen molar-refractivity contribution in [2.24, 2.45) is 0 Å². The van der Waals surface area contributed by atoms with Crippen molar-refractivity contribution < 1.29 is 23.9 Å². The Morgan fingerprint density at radius 3 is 2.31 bits per heavy atom. The number of Topliss-reactive ketones (excluding diaryl/α,β-unsaturated/α-hetero) is 1. The molecule has 1 aliphatic heterocycles. The van der Waals surface area contributed by atoms with E-state index in [0.717, 1.165) is 19.3 Å². The molecule has 0 aromatic heterocycles. The van der Waals surface area contributed by atoms with E-state index in [2.05, 4.69) is 6.92 Å². The zero-order chi connectivity index (χ0) is 20.0. The fourth-order valence-electron chi connectivity index (χ4n) is 3.75. The standard InChI is InChI=1S/C20H35NO5/c1-7-9-10-12-20(14-15(3)22)13-11-16(17(23)25-8-2)21(20)18(24)26-19(4,5)6/h16H,7-14H2,1-6H3/t16-,20+/m0/s1. The molecular weight excluding hydrogens is 334 g/mol. The van der Waals surface area contributed by atoms with Crippen LogP contribution >= 0.6 is 0 Å². The Labute approximate surface area is 157 Å². The Morgan fingerprint density at radius 1 is 1.15 bits per heavy atom. The molecule has 0 aliphatic carbocycles. The van der Waals surface area contributed by atoms with Crippen LogP contribution in [0.5, 0.6) is 0 Å². The van der Waals surface area contributed by atoms with E-state index in [1.54, 1.807) is 27.7 Å². The number of rotatable bonds is 8. The lowest BCUT2D eigenvalue weighted by Crippen LogP contribution is -2.55. The van der Waals surface area contributed by atoms with E-state index in [9.17, 15) is 14.4 Å². The number of carbonyl (C=O) groups is 3. The van der Waals surface area contributed by atoms with Gasteiger partial charge in [0.15, 0.2) is 0 Å². The van der Waals surface area contributed by atoms with Crippen molar-refractivity contribution in [1.82, 2.24) is 4.90 Å². The van der Waals surface area contributed by atoms with Crippen LogP contribution in [0.4, 0.5) is 4.79 Å². The van der Waals surface area contributed by atoms with E-state index < -0.39 is 29.2 Å². The van der Waals surface area contributed by atoms with Gasteiger partial charge >= 0.3 is 12.1 Å². The fourth-order valence-corrected chi connectivity index (χ4v) is 3.75. The first kappa shape index (κ1) is 22.5. The molecule has 6 heteroatoms. The first-order valence-corrected chi connectivity index (χ1v) is 9.74. The van der Waals surface area contributed by atoms with Gasteiger partial charge in [0.1, 0.15) is 17.4 Å². The van der Waals surface area contributed by atoms with Gasteiger partial charge in [0.05, 0.1) is 12.1 Å². The van der Waals surface area contributed by atoms with Crippen LogP contribution in [0.3, 0.4) is 0 Å². The SMILES string of the molecule is CCCCC[C@]1(CC(C)=O)CC[C@@H](C(=O)OCC)N1C(=O)OC(C)(C)C. The van der Waals surface area contributed by atoms with Crippen molar-refractivity contribution in [3.8, 4) is 0 Å². The lowest BCUT2D eigenvalue weighted by atomic mass is 9.85. The number of esters is 1. The van der Waals surface area contributed by atoms with Crippen LogP contribution in [0.2, 0.25) is 0 Å². The van der Waals surface area contributed by atoms with E-state index in [1.165, 1.54) is 11.8 Å². The second-order valence-electron chi connectivity index (χ2n) is 8.22. The Bertz CT molecular complexity index is 511. The lowest BCUT2D eigenvalue weighted by molar-refractivity contribution is -0.150. The van der Waals surface area contributed by atoms with E-state index in [0.29, 0.717) is 19.3 Å². The first-order chi connectivity index (χ1) is 12.1. The molecule has 1 aliphatic rings. The molecule has 0 aromatic rings. The van der Waals surface area contributed by atoms with Gasteiger partial charge in [0.2, 0.25) is 0 Å². The number of carbonyl (C=O) groups excluding carboxylic acids is 3. The molecular formula is C20H35NO5. The molecule has 150 valence electrons. The zero-order valence-electron chi connectivity index (χ0n) is 17.2. The van der Waals surface area contributed by atoms with E-state index in [-0.39, 0.29) is 18.8 Å². The van der Waals surface area contributed by atoms with Crippen LogP contribution in [-0.2, 0) is 19.1 Å². The monoisotopic (exact) mass is 369 g/mol. The summed E-state index contributed by atoms with van der Waals surface area (Å²) in [6.45, 7) is 11.0. The predicted octanol–water partition coefficient (Wildman–Crippen LogP) is 4.25. The summed E-state index contributed by atoms with van der Waals surface area (Å²) in [4.78, 5) is 39.0. The van der Waals surface area contributed by atoms with Crippen molar-refractivity contribution in [2.75, 3.05) is 6.61 Å². The third kappa shape index (κ3) is 5.99. The van der Waals surface area contributed by atoms with Crippen LogP contribution < -0.4 is 0 Å². The van der Waals surface area contributed by atoms with Gasteiger partial charge in [0.25, 0.3) is 0 Å². The molecule has 0 saturated carbocycles. The molecule has 2 atom stereocenters. The molecule has 26 heavy (non-hydrogen) atoms. The summed E-state index contributed by atoms with van der Waals surface area (Å²) < 4.78 is 10.8. The van der Waals surface area contributed by atoms with Crippen LogP contribution in [0.15, 0.2) is 0 Å². The molecule has 0 spiro atoms. The van der Waals surface area contributed by atoms with Crippen LogP contribution in [-0.4, -0.2) is 46.5 Å². The highest BCUT2D eigenvalue weighted by Gasteiger charge is 2.53. The fraction of sp³-hybridized carbons (Fsp3) is 0.850. The highest BCUT2D eigenvalue weighted by atomic mass is 16.6. The van der Waals surface area contributed by atoms with Crippen molar-refractivity contribution >= 4 is 17.8 Å². The molecule has 0 N–H and O–H groups in total. The van der Waals surface area contributed by atoms with Gasteiger partial charge in [-0.15, -0.1) is 0 Å².